The smallest absolute Gasteiger partial charge is 0.249 e. The third kappa shape index (κ3) is 3.86. The lowest BCUT2D eigenvalue weighted by Crippen LogP contribution is -2.38. The Morgan fingerprint density at radius 3 is 2.70 bits per heavy atom. The first kappa shape index (κ1) is 21.3. The summed E-state index contributed by atoms with van der Waals surface area (Å²) in [7, 11) is 0. The summed E-state index contributed by atoms with van der Waals surface area (Å²) in [5.74, 6) is -0.0897. The first-order chi connectivity index (χ1) is 14.3. The number of amides is 1. The maximum Gasteiger partial charge on any atom is 0.249 e. The monoisotopic (exact) mass is 469 g/mol. The van der Waals surface area contributed by atoms with Gasteiger partial charge in [-0.25, -0.2) is 13.8 Å². The van der Waals surface area contributed by atoms with Crippen LogP contribution in [-0.4, -0.2) is 30.4 Å². The predicted molar refractivity (Wildman–Crippen MR) is 120 cm³/mol. The highest BCUT2D eigenvalue weighted by Gasteiger charge is 2.48. The fraction of sp³-hybridized carbons (Fsp3) is 0.333. The molecule has 1 fully saturated rings. The number of nitrogens with one attached hydrogen (secondary N) is 1. The molecular formula is C21H19Cl2F2N3OS. The van der Waals surface area contributed by atoms with Crippen molar-refractivity contribution in [2.24, 2.45) is 0 Å². The van der Waals surface area contributed by atoms with Crippen LogP contribution < -0.4 is 10.2 Å². The van der Waals surface area contributed by atoms with Crippen molar-refractivity contribution in [3.8, 4) is 0 Å². The highest BCUT2D eigenvalue weighted by atomic mass is 35.5. The average molecular weight is 470 g/mol. The zero-order valence-electron chi connectivity index (χ0n) is 16.1. The van der Waals surface area contributed by atoms with Crippen LogP contribution in [0.4, 0.5) is 19.6 Å². The van der Waals surface area contributed by atoms with Crippen LogP contribution in [0.1, 0.15) is 25.3 Å². The van der Waals surface area contributed by atoms with Crippen LogP contribution in [0.3, 0.4) is 0 Å². The zero-order valence-corrected chi connectivity index (χ0v) is 18.4. The molecule has 0 spiro atoms. The van der Waals surface area contributed by atoms with E-state index in [1.165, 1.54) is 17.4 Å². The van der Waals surface area contributed by atoms with Crippen LogP contribution in [0.15, 0.2) is 36.4 Å². The van der Waals surface area contributed by atoms with Crippen LogP contribution in [0.2, 0.25) is 10.0 Å². The molecule has 1 N–H and O–H groups in total. The Bertz CT molecular complexity index is 1090. The maximum absolute atomic E-state index is 14.3. The molecule has 1 aliphatic rings. The van der Waals surface area contributed by atoms with E-state index in [1.54, 1.807) is 19.1 Å². The van der Waals surface area contributed by atoms with Crippen molar-refractivity contribution in [2.45, 2.75) is 31.6 Å². The molecule has 1 unspecified atom stereocenters. The Hall–Kier alpha value is -1.96. The van der Waals surface area contributed by atoms with Gasteiger partial charge < -0.3 is 10.2 Å². The largest absolute Gasteiger partial charge is 0.347 e. The quantitative estimate of drug-likeness (QED) is 0.472. The first-order valence-electron chi connectivity index (χ1n) is 9.51. The molecule has 9 heteroatoms. The minimum Gasteiger partial charge on any atom is -0.347 e. The molecule has 1 aromatic heterocycles. The number of carbonyl (C=O) groups excluding carboxylic acids is 1. The Labute approximate surface area is 186 Å². The molecule has 4 rings (SSSR count). The molecule has 1 amide bonds. The Balaban J connectivity index is 1.68. The van der Waals surface area contributed by atoms with E-state index in [0.29, 0.717) is 39.4 Å². The van der Waals surface area contributed by atoms with Crippen molar-refractivity contribution in [3.05, 3.63) is 52.0 Å². The number of hydrogen-bond acceptors (Lipinski definition) is 4. The van der Waals surface area contributed by atoms with E-state index in [-0.39, 0.29) is 18.9 Å². The van der Waals surface area contributed by atoms with E-state index in [2.05, 4.69) is 10.3 Å². The summed E-state index contributed by atoms with van der Waals surface area (Å²) >= 11 is 13.6. The van der Waals surface area contributed by atoms with Gasteiger partial charge >= 0.3 is 0 Å². The summed E-state index contributed by atoms with van der Waals surface area (Å²) < 4.78 is 29.4. The summed E-state index contributed by atoms with van der Waals surface area (Å²) in [5, 5.41) is 4.21. The van der Waals surface area contributed by atoms with E-state index in [0.717, 1.165) is 10.2 Å². The number of fused-ring (bicyclic) bond motifs is 1. The molecule has 1 atom stereocenters. The molecule has 158 valence electrons. The number of rotatable bonds is 5. The van der Waals surface area contributed by atoms with Gasteiger partial charge in [-0.2, -0.15) is 0 Å². The van der Waals surface area contributed by atoms with Crippen molar-refractivity contribution in [1.82, 2.24) is 4.98 Å². The van der Waals surface area contributed by atoms with Gasteiger partial charge in [-0.15, -0.1) is 0 Å². The van der Waals surface area contributed by atoms with Crippen molar-refractivity contribution >= 4 is 61.5 Å². The number of nitrogens with zero attached hydrogens (tertiary/aromatic N) is 2. The SMILES string of the molecule is CCC(=O)Nc1cccc2nc(N3CCC(c4cc(Cl)cc(Cl)c4)(C(F)F)C3)sc12. The van der Waals surface area contributed by atoms with Crippen LogP contribution >= 0.6 is 34.5 Å². The Kier molecular flexibility index (Phi) is 5.88. The topological polar surface area (TPSA) is 45.2 Å². The third-order valence-corrected chi connectivity index (χ3v) is 7.03. The average Bonchev–Trinajstić information content (AvgIpc) is 3.33. The second-order valence-electron chi connectivity index (χ2n) is 7.34. The number of anilines is 2. The highest BCUT2D eigenvalue weighted by molar-refractivity contribution is 7.22. The van der Waals surface area contributed by atoms with Gasteiger partial charge in [-0.05, 0) is 42.3 Å². The lowest BCUT2D eigenvalue weighted by atomic mass is 9.80. The van der Waals surface area contributed by atoms with E-state index in [4.69, 9.17) is 23.2 Å². The summed E-state index contributed by atoms with van der Waals surface area (Å²) in [6.45, 7) is 2.33. The number of aromatic nitrogens is 1. The first-order valence-corrected chi connectivity index (χ1v) is 11.1. The molecule has 1 aliphatic heterocycles. The fourth-order valence-electron chi connectivity index (χ4n) is 3.79. The van der Waals surface area contributed by atoms with E-state index >= 15 is 0 Å². The predicted octanol–water partition coefficient (Wildman–Crippen LogP) is 6.36. The zero-order chi connectivity index (χ0) is 21.5. The van der Waals surface area contributed by atoms with E-state index in [1.807, 2.05) is 23.1 Å². The van der Waals surface area contributed by atoms with E-state index in [9.17, 15) is 13.6 Å². The molecule has 0 radical (unpaired) electrons. The van der Waals surface area contributed by atoms with Crippen molar-refractivity contribution in [2.75, 3.05) is 23.3 Å². The minimum atomic E-state index is -2.58. The van der Waals surface area contributed by atoms with Gasteiger partial charge in [0.2, 0.25) is 12.3 Å². The molecular weight excluding hydrogens is 451 g/mol. The number of thiazole rings is 1. The van der Waals surface area contributed by atoms with Crippen LogP contribution in [0.25, 0.3) is 10.2 Å². The van der Waals surface area contributed by atoms with Crippen molar-refractivity contribution < 1.29 is 13.6 Å². The van der Waals surface area contributed by atoms with Crippen LogP contribution in [0, 0.1) is 0 Å². The summed E-state index contributed by atoms with van der Waals surface area (Å²) in [6.07, 6.45) is -1.95. The normalized spacial score (nSPS) is 19.1. The second kappa shape index (κ2) is 8.29. The molecule has 0 saturated carbocycles. The van der Waals surface area contributed by atoms with Crippen molar-refractivity contribution in [1.29, 1.82) is 0 Å². The van der Waals surface area contributed by atoms with Crippen LogP contribution in [0.5, 0.6) is 0 Å². The molecule has 2 heterocycles. The Morgan fingerprint density at radius 1 is 1.30 bits per heavy atom. The lowest BCUT2D eigenvalue weighted by molar-refractivity contribution is -0.115. The highest BCUT2D eigenvalue weighted by Crippen LogP contribution is 2.45. The van der Waals surface area contributed by atoms with Gasteiger partial charge in [0.15, 0.2) is 5.13 Å². The number of benzene rings is 2. The van der Waals surface area contributed by atoms with E-state index < -0.39 is 11.8 Å². The lowest BCUT2D eigenvalue weighted by Gasteiger charge is -2.29. The van der Waals surface area contributed by atoms with Gasteiger partial charge in [-0.1, -0.05) is 47.5 Å². The molecule has 30 heavy (non-hydrogen) atoms. The number of alkyl halides is 2. The Morgan fingerprint density at radius 2 is 2.03 bits per heavy atom. The van der Waals surface area contributed by atoms with Crippen LogP contribution in [-0.2, 0) is 10.2 Å². The van der Waals surface area contributed by atoms with Gasteiger partial charge in [0.1, 0.15) is 0 Å². The van der Waals surface area contributed by atoms with Crippen molar-refractivity contribution in [3.63, 3.8) is 0 Å². The number of halogens is 4. The molecule has 0 bridgehead atoms. The molecule has 0 aliphatic carbocycles. The minimum absolute atomic E-state index is 0.0897. The second-order valence-corrected chi connectivity index (χ2v) is 9.19. The van der Waals surface area contributed by atoms with Gasteiger partial charge in [0.25, 0.3) is 0 Å². The number of carbonyl (C=O) groups is 1. The summed E-state index contributed by atoms with van der Waals surface area (Å²) in [4.78, 5) is 18.3. The number of hydrogen-bond donors (Lipinski definition) is 1. The van der Waals surface area contributed by atoms with Gasteiger partial charge in [0.05, 0.1) is 21.3 Å². The molecule has 1 saturated heterocycles. The summed E-state index contributed by atoms with van der Waals surface area (Å²) in [5.41, 5.74) is 0.480. The molecule has 3 aromatic rings. The van der Waals surface area contributed by atoms with Gasteiger partial charge in [-0.3, -0.25) is 4.79 Å². The third-order valence-electron chi connectivity index (χ3n) is 5.43. The van der Waals surface area contributed by atoms with Gasteiger partial charge in [0, 0.05) is 29.6 Å². The molecule has 4 nitrogen and oxygen atoms in total. The summed E-state index contributed by atoms with van der Waals surface area (Å²) in [6, 6.07) is 10.2. The maximum atomic E-state index is 14.3. The standard InChI is InChI=1S/C21H19Cl2F2N3OS/c1-2-17(29)26-15-4-3-5-16-18(15)30-20(27-16)28-7-6-21(11-28,19(24)25)12-8-13(22)10-14(23)9-12/h3-5,8-10,19H,2,6-7,11H2,1H3,(H,26,29). The molecule has 2 aromatic carbocycles. The fourth-order valence-corrected chi connectivity index (χ4v) is 5.37.